The zero-order valence-corrected chi connectivity index (χ0v) is 15.6. The molecule has 3 amide bonds. The zero-order chi connectivity index (χ0) is 18.4. The van der Waals surface area contributed by atoms with Crippen LogP contribution in [-0.4, -0.2) is 43.0 Å². The normalized spacial score (nSPS) is 16.5. The number of amides is 3. The lowest BCUT2D eigenvalue weighted by atomic mass is 9.88. The number of hydrogen-bond acceptors (Lipinski definition) is 3. The van der Waals surface area contributed by atoms with Gasteiger partial charge in [-0.05, 0) is 57.5 Å². The van der Waals surface area contributed by atoms with E-state index in [0.29, 0.717) is 19.0 Å². The van der Waals surface area contributed by atoms with Crippen molar-refractivity contribution in [2.45, 2.75) is 33.7 Å². The molecular formula is C19H30N4O2. The van der Waals surface area contributed by atoms with Gasteiger partial charge < -0.3 is 20.9 Å². The maximum absolute atomic E-state index is 12.3. The Morgan fingerprint density at radius 3 is 2.24 bits per heavy atom. The second kappa shape index (κ2) is 8.85. The summed E-state index contributed by atoms with van der Waals surface area (Å²) in [5.41, 5.74) is 1.78. The molecule has 1 saturated heterocycles. The molecule has 2 atom stereocenters. The first-order chi connectivity index (χ1) is 12.0. The third kappa shape index (κ3) is 4.95. The van der Waals surface area contributed by atoms with Crippen LogP contribution in [-0.2, 0) is 4.79 Å². The number of hydrogen-bond donors (Lipinski definition) is 3. The van der Waals surface area contributed by atoms with Crippen molar-refractivity contribution in [2.75, 3.05) is 31.5 Å². The Hall–Kier alpha value is -2.08. The third-order valence-corrected chi connectivity index (χ3v) is 5.01. The van der Waals surface area contributed by atoms with Gasteiger partial charge in [0.2, 0.25) is 5.91 Å². The highest BCUT2D eigenvalue weighted by atomic mass is 16.2. The SMILES string of the molecule is CCN(CC)C(=O)Nc1ccc(C(C)NC(=O)C(C)C2CNC2)cc1. The summed E-state index contributed by atoms with van der Waals surface area (Å²) in [6.45, 7) is 11.1. The molecular weight excluding hydrogens is 316 g/mol. The Morgan fingerprint density at radius 2 is 1.76 bits per heavy atom. The van der Waals surface area contributed by atoms with E-state index in [1.807, 2.05) is 52.0 Å². The van der Waals surface area contributed by atoms with Crippen molar-refractivity contribution < 1.29 is 9.59 Å². The highest BCUT2D eigenvalue weighted by Crippen LogP contribution is 2.20. The van der Waals surface area contributed by atoms with E-state index >= 15 is 0 Å². The first-order valence-electron chi connectivity index (χ1n) is 9.13. The molecule has 1 aliphatic rings. The van der Waals surface area contributed by atoms with Crippen molar-refractivity contribution in [3.8, 4) is 0 Å². The van der Waals surface area contributed by atoms with Gasteiger partial charge in [-0.3, -0.25) is 4.79 Å². The number of anilines is 1. The van der Waals surface area contributed by atoms with Crippen LogP contribution >= 0.6 is 0 Å². The lowest BCUT2D eigenvalue weighted by molar-refractivity contribution is -0.127. The first kappa shape index (κ1) is 19.2. The Bertz CT molecular complexity index is 580. The van der Waals surface area contributed by atoms with Crippen molar-refractivity contribution >= 4 is 17.6 Å². The average molecular weight is 346 g/mol. The number of carbonyl (C=O) groups is 2. The minimum absolute atomic E-state index is 0.0244. The van der Waals surface area contributed by atoms with E-state index in [0.717, 1.165) is 24.3 Å². The van der Waals surface area contributed by atoms with Crippen LogP contribution in [0.1, 0.15) is 39.3 Å². The standard InChI is InChI=1S/C19H30N4O2/c1-5-23(6-2)19(25)22-17-9-7-15(8-10-17)14(4)21-18(24)13(3)16-11-20-12-16/h7-10,13-14,16,20H,5-6,11-12H2,1-4H3,(H,21,24)(H,22,25). The van der Waals surface area contributed by atoms with Gasteiger partial charge in [-0.15, -0.1) is 0 Å². The molecule has 25 heavy (non-hydrogen) atoms. The second-order valence-electron chi connectivity index (χ2n) is 6.66. The minimum atomic E-state index is -0.0953. The number of urea groups is 1. The van der Waals surface area contributed by atoms with Crippen LogP contribution in [0.2, 0.25) is 0 Å². The van der Waals surface area contributed by atoms with E-state index in [-0.39, 0.29) is 23.9 Å². The van der Waals surface area contributed by atoms with Crippen LogP contribution < -0.4 is 16.0 Å². The largest absolute Gasteiger partial charge is 0.349 e. The van der Waals surface area contributed by atoms with Crippen molar-refractivity contribution in [3.05, 3.63) is 29.8 Å². The minimum Gasteiger partial charge on any atom is -0.349 e. The summed E-state index contributed by atoms with van der Waals surface area (Å²) in [5.74, 6) is 0.555. The van der Waals surface area contributed by atoms with E-state index < -0.39 is 0 Å². The molecule has 0 aliphatic carbocycles. The molecule has 0 aromatic heterocycles. The zero-order valence-electron chi connectivity index (χ0n) is 15.6. The summed E-state index contributed by atoms with van der Waals surface area (Å²) in [5, 5.41) is 9.17. The van der Waals surface area contributed by atoms with Crippen LogP contribution in [0.3, 0.4) is 0 Å². The fourth-order valence-corrected chi connectivity index (χ4v) is 2.88. The van der Waals surface area contributed by atoms with Crippen LogP contribution in [0.4, 0.5) is 10.5 Å². The third-order valence-electron chi connectivity index (χ3n) is 5.01. The molecule has 1 fully saturated rings. The van der Waals surface area contributed by atoms with Gasteiger partial charge in [0, 0.05) is 24.7 Å². The molecule has 1 aliphatic heterocycles. The number of benzene rings is 1. The van der Waals surface area contributed by atoms with Gasteiger partial charge in [-0.1, -0.05) is 19.1 Å². The van der Waals surface area contributed by atoms with E-state index in [1.165, 1.54) is 0 Å². The van der Waals surface area contributed by atoms with Crippen molar-refractivity contribution in [2.24, 2.45) is 11.8 Å². The summed E-state index contributed by atoms with van der Waals surface area (Å²) >= 11 is 0. The quantitative estimate of drug-likeness (QED) is 0.710. The number of rotatable bonds is 7. The lowest BCUT2D eigenvalue weighted by Gasteiger charge is -2.32. The molecule has 6 nitrogen and oxygen atoms in total. The molecule has 2 rings (SSSR count). The fraction of sp³-hybridized carbons (Fsp3) is 0.579. The molecule has 2 unspecified atom stereocenters. The van der Waals surface area contributed by atoms with Gasteiger partial charge in [0.25, 0.3) is 0 Å². The van der Waals surface area contributed by atoms with Crippen LogP contribution in [0.15, 0.2) is 24.3 Å². The van der Waals surface area contributed by atoms with E-state index in [2.05, 4.69) is 16.0 Å². The molecule has 1 aromatic rings. The molecule has 3 N–H and O–H groups in total. The summed E-state index contributed by atoms with van der Waals surface area (Å²) in [7, 11) is 0. The monoisotopic (exact) mass is 346 g/mol. The predicted molar refractivity (Wildman–Crippen MR) is 100 cm³/mol. The maximum atomic E-state index is 12.3. The predicted octanol–water partition coefficient (Wildman–Crippen LogP) is 2.59. The van der Waals surface area contributed by atoms with Gasteiger partial charge in [0.05, 0.1) is 6.04 Å². The lowest BCUT2D eigenvalue weighted by Crippen LogP contribution is -2.49. The number of nitrogens with zero attached hydrogens (tertiary/aromatic N) is 1. The van der Waals surface area contributed by atoms with Crippen molar-refractivity contribution in [1.29, 1.82) is 0 Å². The topological polar surface area (TPSA) is 73.5 Å². The average Bonchev–Trinajstić information content (AvgIpc) is 2.54. The van der Waals surface area contributed by atoms with Crippen LogP contribution in [0.5, 0.6) is 0 Å². The van der Waals surface area contributed by atoms with E-state index in [1.54, 1.807) is 4.90 Å². The summed E-state index contributed by atoms with van der Waals surface area (Å²) < 4.78 is 0. The van der Waals surface area contributed by atoms with Crippen LogP contribution in [0, 0.1) is 11.8 Å². The first-order valence-corrected chi connectivity index (χ1v) is 9.13. The van der Waals surface area contributed by atoms with E-state index in [9.17, 15) is 9.59 Å². The molecule has 0 radical (unpaired) electrons. The number of nitrogens with one attached hydrogen (secondary N) is 3. The van der Waals surface area contributed by atoms with Crippen molar-refractivity contribution in [3.63, 3.8) is 0 Å². The summed E-state index contributed by atoms with van der Waals surface area (Å²) in [6.07, 6.45) is 0. The molecule has 1 aromatic carbocycles. The van der Waals surface area contributed by atoms with Gasteiger partial charge in [-0.2, -0.15) is 0 Å². The Morgan fingerprint density at radius 1 is 1.16 bits per heavy atom. The molecule has 0 bridgehead atoms. The smallest absolute Gasteiger partial charge is 0.321 e. The highest BCUT2D eigenvalue weighted by Gasteiger charge is 2.29. The highest BCUT2D eigenvalue weighted by molar-refractivity contribution is 5.89. The molecule has 138 valence electrons. The summed E-state index contributed by atoms with van der Waals surface area (Å²) in [4.78, 5) is 26.1. The van der Waals surface area contributed by atoms with Gasteiger partial charge in [-0.25, -0.2) is 4.79 Å². The molecule has 0 spiro atoms. The molecule has 6 heteroatoms. The Kier molecular flexibility index (Phi) is 6.82. The Labute approximate surface area is 150 Å². The molecule has 0 saturated carbocycles. The second-order valence-corrected chi connectivity index (χ2v) is 6.66. The van der Waals surface area contributed by atoms with Gasteiger partial charge in [0.1, 0.15) is 0 Å². The maximum Gasteiger partial charge on any atom is 0.321 e. The van der Waals surface area contributed by atoms with Crippen molar-refractivity contribution in [1.82, 2.24) is 15.5 Å². The number of carbonyl (C=O) groups excluding carboxylic acids is 2. The van der Waals surface area contributed by atoms with Crippen LogP contribution in [0.25, 0.3) is 0 Å². The van der Waals surface area contributed by atoms with E-state index in [4.69, 9.17) is 0 Å². The van der Waals surface area contributed by atoms with Gasteiger partial charge in [0.15, 0.2) is 0 Å². The fourth-order valence-electron chi connectivity index (χ4n) is 2.88. The summed E-state index contributed by atoms with van der Waals surface area (Å²) in [6, 6.07) is 7.48. The molecule has 1 heterocycles. The Balaban J connectivity index is 1.90. The van der Waals surface area contributed by atoms with Gasteiger partial charge >= 0.3 is 6.03 Å².